The minimum atomic E-state index is -0.343. The molecule has 8 nitrogen and oxygen atoms in total. The lowest BCUT2D eigenvalue weighted by Crippen LogP contribution is -2.23. The van der Waals surface area contributed by atoms with Gasteiger partial charge < -0.3 is 4.74 Å². The van der Waals surface area contributed by atoms with Gasteiger partial charge in [-0.1, -0.05) is 31.2 Å². The summed E-state index contributed by atoms with van der Waals surface area (Å²) in [4.78, 5) is 12.3. The van der Waals surface area contributed by atoms with E-state index in [-0.39, 0.29) is 18.1 Å². The highest BCUT2D eigenvalue weighted by Gasteiger charge is 2.21. The van der Waals surface area contributed by atoms with Crippen LogP contribution in [0, 0.1) is 12.7 Å². The van der Waals surface area contributed by atoms with Crippen molar-refractivity contribution in [2.45, 2.75) is 39.7 Å². The van der Waals surface area contributed by atoms with Gasteiger partial charge in [0, 0.05) is 24.6 Å². The minimum absolute atomic E-state index is 0.188. The number of hydrogen-bond donors (Lipinski definition) is 0. The lowest BCUT2D eigenvalue weighted by Gasteiger charge is -2.13. The smallest absolute Gasteiger partial charge is 0.368 e. The average molecular weight is 422 g/mol. The number of aryl methyl sites for hydroxylation is 3. The van der Waals surface area contributed by atoms with E-state index in [2.05, 4.69) is 20.6 Å². The Balaban J connectivity index is 1.58. The van der Waals surface area contributed by atoms with Gasteiger partial charge in [-0.05, 0) is 53.5 Å². The van der Waals surface area contributed by atoms with Crippen molar-refractivity contribution in [2.24, 2.45) is 17.3 Å². The Bertz CT molecular complexity index is 1240. The van der Waals surface area contributed by atoms with Crippen molar-refractivity contribution in [3.05, 3.63) is 75.0 Å². The largest absolute Gasteiger partial charge is 0.475 e. The number of rotatable bonds is 5. The number of halogens is 1. The van der Waals surface area contributed by atoms with Gasteiger partial charge in [-0.3, -0.25) is 0 Å². The second-order valence-corrected chi connectivity index (χ2v) is 7.33. The molecule has 0 fully saturated rings. The van der Waals surface area contributed by atoms with E-state index in [1.165, 1.54) is 15.4 Å². The van der Waals surface area contributed by atoms with Crippen LogP contribution in [0.1, 0.15) is 42.0 Å². The van der Waals surface area contributed by atoms with Gasteiger partial charge in [0.2, 0.25) is 5.90 Å². The standard InChI is InChI=1S/C22H23FN6O2/c1-4-20(25-24-18-12-11-15-8-6-9-17(23)21(15)18)31-13-16-14(2)7-5-10-19(16)29-22(30)28(3)26-27-29/h5-10H,4,11-13H2,1-3H3/b24-18+,25-20?. The molecule has 2 aromatic carbocycles. The van der Waals surface area contributed by atoms with Crippen molar-refractivity contribution < 1.29 is 9.13 Å². The first-order valence-electron chi connectivity index (χ1n) is 10.1. The van der Waals surface area contributed by atoms with Gasteiger partial charge in [0.1, 0.15) is 12.4 Å². The maximum absolute atomic E-state index is 14.2. The average Bonchev–Trinajstić information content (AvgIpc) is 3.33. The summed E-state index contributed by atoms with van der Waals surface area (Å²) < 4.78 is 22.5. The van der Waals surface area contributed by atoms with E-state index in [0.29, 0.717) is 35.7 Å². The van der Waals surface area contributed by atoms with E-state index in [1.54, 1.807) is 19.2 Å². The van der Waals surface area contributed by atoms with Gasteiger partial charge in [0.05, 0.1) is 11.4 Å². The van der Waals surface area contributed by atoms with Crippen molar-refractivity contribution in [1.29, 1.82) is 0 Å². The summed E-state index contributed by atoms with van der Waals surface area (Å²) >= 11 is 0. The van der Waals surface area contributed by atoms with Crippen LogP contribution in [0.4, 0.5) is 4.39 Å². The molecule has 0 aliphatic heterocycles. The Kier molecular flexibility index (Phi) is 5.75. The first-order chi connectivity index (χ1) is 15.0. The topological polar surface area (TPSA) is 86.7 Å². The second kappa shape index (κ2) is 8.63. The number of ether oxygens (including phenoxy) is 1. The van der Waals surface area contributed by atoms with E-state index in [1.807, 2.05) is 32.0 Å². The van der Waals surface area contributed by atoms with Crippen LogP contribution in [0.5, 0.6) is 0 Å². The summed E-state index contributed by atoms with van der Waals surface area (Å²) in [5, 5.41) is 16.2. The van der Waals surface area contributed by atoms with Gasteiger partial charge in [-0.25, -0.2) is 9.18 Å². The third-order valence-corrected chi connectivity index (χ3v) is 5.32. The summed E-state index contributed by atoms with van der Waals surface area (Å²) in [6.07, 6.45) is 1.92. The molecule has 31 heavy (non-hydrogen) atoms. The first kappa shape index (κ1) is 20.6. The molecule has 3 aromatic rings. The van der Waals surface area contributed by atoms with Gasteiger partial charge in [0.25, 0.3) is 0 Å². The Labute approximate surface area is 178 Å². The van der Waals surface area contributed by atoms with Gasteiger partial charge in [0.15, 0.2) is 0 Å². The summed E-state index contributed by atoms with van der Waals surface area (Å²) in [7, 11) is 1.54. The third kappa shape index (κ3) is 4.03. The zero-order valence-electron chi connectivity index (χ0n) is 17.7. The summed E-state index contributed by atoms with van der Waals surface area (Å²) in [6.45, 7) is 4.03. The molecule has 1 aliphatic rings. The van der Waals surface area contributed by atoms with Crippen LogP contribution in [0.2, 0.25) is 0 Å². The quantitative estimate of drug-likeness (QED) is 0.359. The predicted molar refractivity (Wildman–Crippen MR) is 115 cm³/mol. The lowest BCUT2D eigenvalue weighted by molar-refractivity contribution is 0.282. The first-order valence-corrected chi connectivity index (χ1v) is 10.1. The van der Waals surface area contributed by atoms with Gasteiger partial charge in [-0.15, -0.1) is 5.10 Å². The van der Waals surface area contributed by atoms with Crippen LogP contribution in [0.15, 0.2) is 51.4 Å². The molecule has 0 N–H and O–H groups in total. The highest BCUT2D eigenvalue weighted by Crippen LogP contribution is 2.25. The van der Waals surface area contributed by atoms with Gasteiger partial charge in [-0.2, -0.15) is 14.5 Å². The van der Waals surface area contributed by atoms with Crippen molar-refractivity contribution in [3.8, 4) is 5.69 Å². The van der Waals surface area contributed by atoms with Crippen molar-refractivity contribution in [3.63, 3.8) is 0 Å². The Morgan fingerprint density at radius 2 is 2.00 bits per heavy atom. The van der Waals surface area contributed by atoms with E-state index >= 15 is 0 Å². The van der Waals surface area contributed by atoms with Crippen LogP contribution >= 0.6 is 0 Å². The molecule has 0 radical (unpaired) electrons. The number of aromatic nitrogens is 4. The Hall–Kier alpha value is -3.62. The highest BCUT2D eigenvalue weighted by atomic mass is 19.1. The summed E-state index contributed by atoms with van der Waals surface area (Å²) in [6, 6.07) is 10.6. The molecule has 0 amide bonds. The number of benzene rings is 2. The summed E-state index contributed by atoms with van der Waals surface area (Å²) in [5.41, 5.74) is 4.14. The monoisotopic (exact) mass is 422 g/mol. The molecule has 1 heterocycles. The van der Waals surface area contributed by atoms with Crippen LogP contribution in [0.3, 0.4) is 0 Å². The molecule has 4 rings (SSSR count). The number of fused-ring (bicyclic) bond motifs is 1. The lowest BCUT2D eigenvalue weighted by atomic mass is 10.1. The van der Waals surface area contributed by atoms with Crippen LogP contribution < -0.4 is 5.69 Å². The fourth-order valence-corrected chi connectivity index (χ4v) is 3.59. The maximum Gasteiger partial charge on any atom is 0.368 e. The van der Waals surface area contributed by atoms with E-state index < -0.39 is 0 Å². The number of nitrogens with zero attached hydrogens (tertiary/aromatic N) is 6. The Morgan fingerprint density at radius 1 is 1.19 bits per heavy atom. The SMILES string of the molecule is CCC(=N/N=C1\CCc2cccc(F)c21)OCc1c(C)cccc1-n1nnn(C)c1=O. The normalized spacial score (nSPS) is 14.8. The molecule has 0 saturated heterocycles. The molecule has 0 unspecified atom stereocenters. The molecule has 0 bridgehead atoms. The highest BCUT2D eigenvalue weighted by molar-refractivity contribution is 6.04. The van der Waals surface area contributed by atoms with E-state index in [4.69, 9.17) is 4.74 Å². The molecule has 1 aromatic heterocycles. The molecular formula is C22H23FN6O2. The molecule has 160 valence electrons. The van der Waals surface area contributed by atoms with E-state index in [0.717, 1.165) is 23.1 Å². The molecule has 0 spiro atoms. The second-order valence-electron chi connectivity index (χ2n) is 7.33. The van der Waals surface area contributed by atoms with Crippen molar-refractivity contribution in [2.75, 3.05) is 0 Å². The van der Waals surface area contributed by atoms with Gasteiger partial charge >= 0.3 is 5.69 Å². The fourth-order valence-electron chi connectivity index (χ4n) is 3.59. The number of hydrogen-bond acceptors (Lipinski definition) is 6. The third-order valence-electron chi connectivity index (χ3n) is 5.32. The zero-order chi connectivity index (χ0) is 22.0. The molecule has 9 heteroatoms. The molecule has 0 saturated carbocycles. The van der Waals surface area contributed by atoms with Crippen molar-refractivity contribution >= 4 is 11.6 Å². The van der Waals surface area contributed by atoms with Crippen LogP contribution in [0.25, 0.3) is 5.69 Å². The fraction of sp³-hybridized carbons (Fsp3) is 0.318. The molecular weight excluding hydrogens is 399 g/mol. The minimum Gasteiger partial charge on any atom is -0.475 e. The van der Waals surface area contributed by atoms with Crippen LogP contribution in [-0.4, -0.2) is 31.4 Å². The summed E-state index contributed by atoms with van der Waals surface area (Å²) in [5.74, 6) is 0.153. The zero-order valence-corrected chi connectivity index (χ0v) is 17.7. The number of tetrazole rings is 1. The maximum atomic E-state index is 14.2. The van der Waals surface area contributed by atoms with E-state index in [9.17, 15) is 9.18 Å². The van der Waals surface area contributed by atoms with Crippen LogP contribution in [-0.2, 0) is 24.8 Å². The predicted octanol–water partition coefficient (Wildman–Crippen LogP) is 3.09. The molecule has 1 aliphatic carbocycles. The Morgan fingerprint density at radius 3 is 2.74 bits per heavy atom. The molecule has 0 atom stereocenters. The van der Waals surface area contributed by atoms with Crippen molar-refractivity contribution in [1.82, 2.24) is 19.8 Å².